The highest BCUT2D eigenvalue weighted by Gasteiger charge is 2.31. The molecule has 0 bridgehead atoms. The first-order valence-corrected chi connectivity index (χ1v) is 9.22. The Bertz CT molecular complexity index is 833. The highest BCUT2D eigenvalue weighted by atomic mass is 19.4. The highest BCUT2D eigenvalue weighted by molar-refractivity contribution is 5.99. The molecule has 29 heavy (non-hydrogen) atoms. The molecule has 2 heterocycles. The van der Waals surface area contributed by atoms with Crippen LogP contribution in [0.3, 0.4) is 0 Å². The third-order valence-electron chi connectivity index (χ3n) is 4.65. The quantitative estimate of drug-likeness (QED) is 0.760. The van der Waals surface area contributed by atoms with Crippen LogP contribution in [-0.4, -0.2) is 59.5 Å². The average Bonchev–Trinajstić information content (AvgIpc) is 3.38. The molecule has 0 unspecified atom stereocenters. The molecule has 156 valence electrons. The summed E-state index contributed by atoms with van der Waals surface area (Å²) in [7, 11) is 0. The van der Waals surface area contributed by atoms with Crippen LogP contribution in [0.1, 0.15) is 28.8 Å². The summed E-state index contributed by atoms with van der Waals surface area (Å²) in [6, 6.07) is 5.66. The number of alkyl halides is 3. The summed E-state index contributed by atoms with van der Waals surface area (Å²) in [4.78, 5) is 28.6. The molecule has 0 aliphatic carbocycles. The van der Waals surface area contributed by atoms with Crippen LogP contribution >= 0.6 is 0 Å². The predicted molar refractivity (Wildman–Crippen MR) is 98.2 cm³/mol. The first kappa shape index (κ1) is 20.8. The fraction of sp³-hybridized carbons (Fsp3) is 0.421. The molecule has 3 rings (SSSR count). The van der Waals surface area contributed by atoms with Crippen molar-refractivity contribution in [2.45, 2.75) is 19.0 Å². The molecule has 1 aromatic heterocycles. The predicted octanol–water partition coefficient (Wildman–Crippen LogP) is 2.87. The lowest BCUT2D eigenvalue weighted by atomic mass is 10.1. The third kappa shape index (κ3) is 5.80. The average molecular weight is 410 g/mol. The normalized spacial score (nSPS) is 14.7. The van der Waals surface area contributed by atoms with Crippen molar-refractivity contribution in [2.24, 2.45) is 0 Å². The molecular weight excluding hydrogens is 389 g/mol. The van der Waals surface area contributed by atoms with Gasteiger partial charge in [0.25, 0.3) is 5.91 Å². The van der Waals surface area contributed by atoms with E-state index < -0.39 is 23.6 Å². The highest BCUT2D eigenvalue weighted by Crippen LogP contribution is 2.29. The standard InChI is InChI=1S/C19H21F3N4O3/c20-19(21,22)15-5-3-4-14(12-15)18(28)26(10-9-25-7-1-2-8-25)13-17(27)23-16-6-11-29-24-16/h3-6,11-12H,1-2,7-10,13H2,(H,23,24,27). The summed E-state index contributed by atoms with van der Waals surface area (Å²) in [5.74, 6) is -0.952. The topological polar surface area (TPSA) is 78.7 Å². The van der Waals surface area contributed by atoms with Crippen LogP contribution in [0.15, 0.2) is 41.1 Å². The molecule has 1 fully saturated rings. The van der Waals surface area contributed by atoms with E-state index in [1.165, 1.54) is 29.4 Å². The van der Waals surface area contributed by atoms with Crippen LogP contribution < -0.4 is 5.32 Å². The zero-order valence-electron chi connectivity index (χ0n) is 15.6. The second kappa shape index (κ2) is 9.08. The van der Waals surface area contributed by atoms with Gasteiger partial charge in [-0.2, -0.15) is 13.2 Å². The number of carbonyl (C=O) groups excluding carboxylic acids is 2. The third-order valence-corrected chi connectivity index (χ3v) is 4.65. The second-order valence-corrected chi connectivity index (χ2v) is 6.79. The van der Waals surface area contributed by atoms with Crippen molar-refractivity contribution in [1.82, 2.24) is 15.0 Å². The van der Waals surface area contributed by atoms with Crippen molar-refractivity contribution in [3.05, 3.63) is 47.7 Å². The summed E-state index contributed by atoms with van der Waals surface area (Å²) in [5, 5.41) is 6.06. The SMILES string of the molecule is O=C(CN(CCN1CCCC1)C(=O)c1cccc(C(F)(F)F)c1)Nc1ccon1. The van der Waals surface area contributed by atoms with Crippen molar-refractivity contribution in [2.75, 3.05) is 38.0 Å². The lowest BCUT2D eigenvalue weighted by molar-refractivity contribution is -0.137. The summed E-state index contributed by atoms with van der Waals surface area (Å²) in [6.45, 7) is 2.26. The van der Waals surface area contributed by atoms with Gasteiger partial charge in [-0.3, -0.25) is 9.59 Å². The maximum absolute atomic E-state index is 13.0. The smallest absolute Gasteiger partial charge is 0.363 e. The summed E-state index contributed by atoms with van der Waals surface area (Å²) >= 11 is 0. The largest absolute Gasteiger partial charge is 0.416 e. The van der Waals surface area contributed by atoms with E-state index in [9.17, 15) is 22.8 Å². The fourth-order valence-electron chi connectivity index (χ4n) is 3.16. The van der Waals surface area contributed by atoms with E-state index in [0.717, 1.165) is 38.1 Å². The number of rotatable bonds is 7. The molecule has 2 aromatic rings. The van der Waals surface area contributed by atoms with Gasteiger partial charge in [-0.25, -0.2) is 0 Å². The van der Waals surface area contributed by atoms with E-state index in [1.807, 2.05) is 0 Å². The summed E-state index contributed by atoms with van der Waals surface area (Å²) in [6.07, 6.45) is -1.14. The minimum absolute atomic E-state index is 0.115. The van der Waals surface area contributed by atoms with E-state index in [-0.39, 0.29) is 24.5 Å². The van der Waals surface area contributed by atoms with Gasteiger partial charge >= 0.3 is 6.18 Å². The second-order valence-electron chi connectivity index (χ2n) is 6.79. The number of aromatic nitrogens is 1. The number of hydrogen-bond acceptors (Lipinski definition) is 5. The number of likely N-dealkylation sites (tertiary alicyclic amines) is 1. The van der Waals surface area contributed by atoms with Crippen molar-refractivity contribution >= 4 is 17.6 Å². The molecular formula is C19H21F3N4O3. The Balaban J connectivity index is 1.73. The molecule has 10 heteroatoms. The Kier molecular flexibility index (Phi) is 6.53. The van der Waals surface area contributed by atoms with Gasteiger partial charge in [0.05, 0.1) is 5.56 Å². The van der Waals surface area contributed by atoms with Gasteiger partial charge in [0.2, 0.25) is 5.91 Å². The van der Waals surface area contributed by atoms with E-state index >= 15 is 0 Å². The van der Waals surface area contributed by atoms with Crippen LogP contribution in [0.5, 0.6) is 0 Å². The number of amides is 2. The van der Waals surface area contributed by atoms with E-state index in [1.54, 1.807) is 0 Å². The van der Waals surface area contributed by atoms with Crippen LogP contribution in [0.2, 0.25) is 0 Å². The van der Waals surface area contributed by atoms with Crippen LogP contribution in [0.4, 0.5) is 19.0 Å². The number of carbonyl (C=O) groups is 2. The molecule has 1 aliphatic rings. The maximum Gasteiger partial charge on any atom is 0.416 e. The van der Waals surface area contributed by atoms with E-state index in [2.05, 4.69) is 19.9 Å². The van der Waals surface area contributed by atoms with Gasteiger partial charge in [0, 0.05) is 24.7 Å². The summed E-state index contributed by atoms with van der Waals surface area (Å²) < 4.78 is 43.6. The molecule has 1 aromatic carbocycles. The summed E-state index contributed by atoms with van der Waals surface area (Å²) in [5.41, 5.74) is -1.02. The molecule has 1 N–H and O–H groups in total. The molecule has 1 aliphatic heterocycles. The molecule has 0 saturated carbocycles. The minimum Gasteiger partial charge on any atom is -0.363 e. The number of nitrogens with zero attached hydrogens (tertiary/aromatic N) is 3. The number of benzene rings is 1. The Morgan fingerprint density at radius 2 is 1.97 bits per heavy atom. The monoisotopic (exact) mass is 410 g/mol. The van der Waals surface area contributed by atoms with Crippen LogP contribution in [-0.2, 0) is 11.0 Å². The van der Waals surface area contributed by atoms with Crippen molar-refractivity contribution in [1.29, 1.82) is 0 Å². The Labute approximate surface area is 165 Å². The van der Waals surface area contributed by atoms with Gasteiger partial charge < -0.3 is 19.6 Å². The first-order chi connectivity index (χ1) is 13.8. The van der Waals surface area contributed by atoms with Crippen molar-refractivity contribution < 1.29 is 27.3 Å². The minimum atomic E-state index is -4.55. The van der Waals surface area contributed by atoms with Gasteiger partial charge in [-0.1, -0.05) is 11.2 Å². The Morgan fingerprint density at radius 1 is 1.21 bits per heavy atom. The van der Waals surface area contributed by atoms with Crippen LogP contribution in [0.25, 0.3) is 0 Å². The Morgan fingerprint density at radius 3 is 2.62 bits per heavy atom. The molecule has 0 radical (unpaired) electrons. The molecule has 0 atom stereocenters. The maximum atomic E-state index is 13.0. The zero-order chi connectivity index (χ0) is 20.9. The van der Waals surface area contributed by atoms with Crippen LogP contribution in [0, 0.1) is 0 Å². The van der Waals surface area contributed by atoms with Gasteiger partial charge in [0.1, 0.15) is 12.8 Å². The van der Waals surface area contributed by atoms with Gasteiger partial charge in [-0.15, -0.1) is 0 Å². The Hall–Kier alpha value is -2.88. The lowest BCUT2D eigenvalue weighted by Gasteiger charge is -2.25. The molecule has 2 amide bonds. The van der Waals surface area contributed by atoms with E-state index in [0.29, 0.717) is 6.54 Å². The van der Waals surface area contributed by atoms with Gasteiger partial charge in [-0.05, 0) is 44.1 Å². The number of halogens is 3. The fourth-order valence-corrected chi connectivity index (χ4v) is 3.16. The molecule has 7 nitrogen and oxygen atoms in total. The zero-order valence-corrected chi connectivity index (χ0v) is 15.6. The molecule has 0 spiro atoms. The van der Waals surface area contributed by atoms with Gasteiger partial charge in [0.15, 0.2) is 5.82 Å². The number of anilines is 1. The molecule has 1 saturated heterocycles. The number of nitrogens with one attached hydrogen (secondary N) is 1. The van der Waals surface area contributed by atoms with Crippen molar-refractivity contribution in [3.8, 4) is 0 Å². The van der Waals surface area contributed by atoms with Crippen molar-refractivity contribution in [3.63, 3.8) is 0 Å². The van der Waals surface area contributed by atoms with E-state index in [4.69, 9.17) is 0 Å². The number of hydrogen-bond donors (Lipinski definition) is 1. The lowest BCUT2D eigenvalue weighted by Crippen LogP contribution is -2.42. The first-order valence-electron chi connectivity index (χ1n) is 9.22.